The van der Waals surface area contributed by atoms with Crippen molar-refractivity contribution in [3.63, 3.8) is 0 Å². The number of amides is 2. The molecule has 2 amide bonds. The van der Waals surface area contributed by atoms with E-state index in [1.54, 1.807) is 0 Å². The van der Waals surface area contributed by atoms with Gasteiger partial charge in [0.15, 0.2) is 0 Å². The average molecular weight is 199 g/mol. The van der Waals surface area contributed by atoms with Gasteiger partial charge >= 0.3 is 0 Å². The number of hydrogen-bond donors (Lipinski definition) is 1. The molecule has 0 radical (unpaired) electrons. The van der Waals surface area contributed by atoms with Gasteiger partial charge in [-0.3, -0.25) is 14.5 Å². The fraction of sp³-hybridized carbons (Fsp3) is 0.778. The lowest BCUT2D eigenvalue weighted by atomic mass is 9.80. The zero-order valence-electron chi connectivity index (χ0n) is 7.86. The molecule has 1 N–H and O–H groups in total. The lowest BCUT2D eigenvalue weighted by molar-refractivity contribution is -0.165. The maximum atomic E-state index is 11.3. The number of imide groups is 1. The van der Waals surface area contributed by atoms with Crippen molar-refractivity contribution >= 4 is 11.8 Å². The van der Waals surface area contributed by atoms with Crippen molar-refractivity contribution in [2.45, 2.75) is 24.9 Å². The van der Waals surface area contributed by atoms with E-state index in [1.807, 2.05) is 0 Å². The van der Waals surface area contributed by atoms with Crippen molar-refractivity contribution in [1.29, 1.82) is 0 Å². The van der Waals surface area contributed by atoms with Crippen LogP contribution < -0.4 is 0 Å². The smallest absolute Gasteiger partial charge is 0.255 e. The first-order chi connectivity index (χ1) is 6.61. The Morgan fingerprint density at radius 1 is 1.29 bits per heavy atom. The Hall–Kier alpha value is -0.940. The molecular weight excluding hydrogens is 186 g/mol. The predicted octanol–water partition coefficient (Wildman–Crippen LogP) is -0.713. The highest BCUT2D eigenvalue weighted by Gasteiger charge is 2.40. The first-order valence-electron chi connectivity index (χ1n) is 4.74. The Bertz CT molecular complexity index is 256. The molecule has 0 spiro atoms. The van der Waals surface area contributed by atoms with Gasteiger partial charge in [-0.05, 0) is 19.3 Å². The SMILES string of the molecule is O=C1COCC(=O)N1CC1(O)CCC1. The van der Waals surface area contributed by atoms with Crippen molar-refractivity contribution in [2.24, 2.45) is 0 Å². The third-order valence-corrected chi connectivity index (χ3v) is 2.79. The number of morpholine rings is 1. The highest BCUT2D eigenvalue weighted by atomic mass is 16.5. The second-order valence-corrected chi connectivity index (χ2v) is 3.94. The fourth-order valence-corrected chi connectivity index (χ4v) is 1.73. The highest BCUT2D eigenvalue weighted by Crippen LogP contribution is 2.32. The molecule has 14 heavy (non-hydrogen) atoms. The van der Waals surface area contributed by atoms with E-state index in [-0.39, 0.29) is 31.6 Å². The number of nitrogens with zero attached hydrogens (tertiary/aromatic N) is 1. The summed E-state index contributed by atoms with van der Waals surface area (Å²) >= 11 is 0. The molecule has 0 bridgehead atoms. The molecule has 1 saturated carbocycles. The van der Waals surface area contributed by atoms with E-state index >= 15 is 0 Å². The summed E-state index contributed by atoms with van der Waals surface area (Å²) in [5, 5.41) is 9.81. The quantitative estimate of drug-likeness (QED) is 0.596. The van der Waals surface area contributed by atoms with E-state index in [0.29, 0.717) is 12.8 Å². The van der Waals surface area contributed by atoms with Gasteiger partial charge < -0.3 is 9.84 Å². The van der Waals surface area contributed by atoms with Crippen molar-refractivity contribution in [1.82, 2.24) is 4.90 Å². The Labute approximate surface area is 81.6 Å². The molecule has 1 heterocycles. The molecule has 0 atom stereocenters. The predicted molar refractivity (Wildman–Crippen MR) is 46.3 cm³/mol. The van der Waals surface area contributed by atoms with E-state index in [1.165, 1.54) is 0 Å². The van der Waals surface area contributed by atoms with Crippen molar-refractivity contribution < 1.29 is 19.4 Å². The third kappa shape index (κ3) is 1.65. The monoisotopic (exact) mass is 199 g/mol. The molecule has 5 heteroatoms. The summed E-state index contributed by atoms with van der Waals surface area (Å²) in [6.07, 6.45) is 2.30. The van der Waals surface area contributed by atoms with Crippen molar-refractivity contribution in [2.75, 3.05) is 19.8 Å². The van der Waals surface area contributed by atoms with E-state index in [2.05, 4.69) is 0 Å². The molecule has 0 aromatic carbocycles. The van der Waals surface area contributed by atoms with Gasteiger partial charge in [0.25, 0.3) is 11.8 Å². The average Bonchev–Trinajstić information content (AvgIpc) is 2.09. The van der Waals surface area contributed by atoms with Crippen molar-refractivity contribution in [3.05, 3.63) is 0 Å². The molecular formula is C9H13NO4. The molecule has 1 aliphatic heterocycles. The Kier molecular flexibility index (Phi) is 2.28. The minimum absolute atomic E-state index is 0.0538. The van der Waals surface area contributed by atoms with E-state index in [0.717, 1.165) is 11.3 Å². The van der Waals surface area contributed by atoms with Gasteiger partial charge in [-0.25, -0.2) is 0 Å². The van der Waals surface area contributed by atoms with Gasteiger partial charge in [-0.1, -0.05) is 0 Å². The first kappa shape index (κ1) is 9.61. The summed E-state index contributed by atoms with van der Waals surface area (Å²) in [7, 11) is 0. The first-order valence-corrected chi connectivity index (χ1v) is 4.74. The van der Waals surface area contributed by atoms with Gasteiger partial charge in [-0.2, -0.15) is 0 Å². The van der Waals surface area contributed by atoms with Crippen LogP contribution in [0.15, 0.2) is 0 Å². The van der Waals surface area contributed by atoms with Crippen LogP contribution in [0.3, 0.4) is 0 Å². The summed E-state index contributed by atoms with van der Waals surface area (Å²) in [6, 6.07) is 0. The largest absolute Gasteiger partial charge is 0.388 e. The van der Waals surface area contributed by atoms with Gasteiger partial charge in [-0.15, -0.1) is 0 Å². The van der Waals surface area contributed by atoms with Crippen LogP contribution >= 0.6 is 0 Å². The second-order valence-electron chi connectivity index (χ2n) is 3.94. The van der Waals surface area contributed by atoms with Crippen LogP contribution in [0.5, 0.6) is 0 Å². The second kappa shape index (κ2) is 3.33. The van der Waals surface area contributed by atoms with Crippen LogP contribution in [0, 0.1) is 0 Å². The van der Waals surface area contributed by atoms with Crippen molar-refractivity contribution in [3.8, 4) is 0 Å². The van der Waals surface area contributed by atoms with Crippen LogP contribution in [0.4, 0.5) is 0 Å². The summed E-state index contributed by atoms with van der Waals surface area (Å²) in [4.78, 5) is 23.7. The van der Waals surface area contributed by atoms with Crippen LogP contribution in [-0.2, 0) is 14.3 Å². The highest BCUT2D eigenvalue weighted by molar-refractivity contribution is 5.98. The Morgan fingerprint density at radius 2 is 1.86 bits per heavy atom. The fourth-order valence-electron chi connectivity index (χ4n) is 1.73. The molecule has 1 aliphatic carbocycles. The summed E-state index contributed by atoms with van der Waals surface area (Å²) in [5.41, 5.74) is -0.831. The minimum atomic E-state index is -0.831. The zero-order valence-corrected chi connectivity index (χ0v) is 7.86. The molecule has 2 fully saturated rings. The maximum Gasteiger partial charge on any atom is 0.255 e. The topological polar surface area (TPSA) is 66.8 Å². The van der Waals surface area contributed by atoms with Crippen LogP contribution in [-0.4, -0.2) is 47.2 Å². The van der Waals surface area contributed by atoms with Gasteiger partial charge in [0.1, 0.15) is 13.2 Å². The maximum absolute atomic E-state index is 11.3. The molecule has 0 aromatic heterocycles. The summed E-state index contributed by atoms with van der Waals surface area (Å²) in [5.74, 6) is -0.692. The third-order valence-electron chi connectivity index (χ3n) is 2.79. The zero-order chi connectivity index (χ0) is 10.2. The van der Waals surface area contributed by atoms with Crippen LogP contribution in [0.1, 0.15) is 19.3 Å². The summed E-state index contributed by atoms with van der Waals surface area (Å²) in [6.45, 7) is 0.0255. The molecule has 5 nitrogen and oxygen atoms in total. The molecule has 2 rings (SSSR count). The number of β-amino-alcohol motifs (C(OH)–C–C–N with tert-alkyl or cyclic N) is 1. The van der Waals surface area contributed by atoms with Gasteiger partial charge in [0.2, 0.25) is 0 Å². The van der Waals surface area contributed by atoms with E-state index < -0.39 is 5.60 Å². The van der Waals surface area contributed by atoms with Gasteiger partial charge in [0, 0.05) is 0 Å². The number of aliphatic hydroxyl groups is 1. The molecule has 2 aliphatic rings. The number of hydrogen-bond acceptors (Lipinski definition) is 4. The van der Waals surface area contributed by atoms with Crippen LogP contribution in [0.2, 0.25) is 0 Å². The molecule has 78 valence electrons. The normalized spacial score (nSPS) is 26.2. The standard InChI is InChI=1S/C9H13NO4/c11-7-4-14-5-8(12)10(7)6-9(13)2-1-3-9/h13H,1-6H2. The number of carbonyl (C=O) groups is 2. The van der Waals surface area contributed by atoms with E-state index in [9.17, 15) is 14.7 Å². The van der Waals surface area contributed by atoms with Crippen LogP contribution in [0.25, 0.3) is 0 Å². The number of ether oxygens (including phenoxy) is 1. The lowest BCUT2D eigenvalue weighted by Crippen LogP contribution is -2.55. The van der Waals surface area contributed by atoms with Gasteiger partial charge in [0.05, 0.1) is 12.1 Å². The number of carbonyl (C=O) groups excluding carboxylic acids is 2. The Balaban J connectivity index is 2.00. The summed E-state index contributed by atoms with van der Waals surface area (Å²) < 4.78 is 4.77. The minimum Gasteiger partial charge on any atom is -0.388 e. The molecule has 0 unspecified atom stereocenters. The number of rotatable bonds is 2. The molecule has 1 saturated heterocycles. The van der Waals surface area contributed by atoms with E-state index in [4.69, 9.17) is 4.74 Å². The molecule has 0 aromatic rings. The lowest BCUT2D eigenvalue weighted by Gasteiger charge is -2.40. The Morgan fingerprint density at radius 3 is 2.29 bits per heavy atom.